The zero-order valence-corrected chi connectivity index (χ0v) is 10.4. The molecule has 17 heavy (non-hydrogen) atoms. The van der Waals surface area contributed by atoms with Gasteiger partial charge in [-0.15, -0.1) is 0 Å². The highest BCUT2D eigenvalue weighted by Crippen LogP contribution is 2.41. The van der Waals surface area contributed by atoms with Gasteiger partial charge in [0.15, 0.2) is 0 Å². The topological polar surface area (TPSA) is 45.8 Å². The molecule has 2 fully saturated rings. The largest absolute Gasteiger partial charge is 0.310 e. The van der Waals surface area contributed by atoms with Crippen molar-refractivity contribution in [1.29, 1.82) is 0 Å². The van der Waals surface area contributed by atoms with Crippen molar-refractivity contribution in [1.82, 2.24) is 9.97 Å². The molecular formula is C14H20N2O. The standard InChI is InChI=1S/C14H20N2O/c1-2-9-3-4-11(7-9)14-15-12(10-5-6-10)8-13(17)16-14/h8-11H,2-7H2,1H3,(H,15,16,17). The number of H-pyrrole nitrogens is 1. The minimum Gasteiger partial charge on any atom is -0.310 e. The van der Waals surface area contributed by atoms with Gasteiger partial charge in [0.25, 0.3) is 5.56 Å². The summed E-state index contributed by atoms with van der Waals surface area (Å²) in [6.45, 7) is 2.25. The number of nitrogens with zero attached hydrogens (tertiary/aromatic N) is 1. The van der Waals surface area contributed by atoms with Gasteiger partial charge in [-0.05, 0) is 38.0 Å². The van der Waals surface area contributed by atoms with E-state index in [0.717, 1.165) is 17.4 Å². The minimum atomic E-state index is 0.0387. The Morgan fingerprint density at radius 1 is 1.29 bits per heavy atom. The zero-order valence-electron chi connectivity index (χ0n) is 10.4. The maximum Gasteiger partial charge on any atom is 0.251 e. The lowest BCUT2D eigenvalue weighted by Crippen LogP contribution is -2.14. The van der Waals surface area contributed by atoms with Gasteiger partial charge in [0.05, 0.1) is 5.69 Å². The molecule has 92 valence electrons. The molecule has 2 aliphatic carbocycles. The molecule has 2 atom stereocenters. The average molecular weight is 232 g/mol. The Hall–Kier alpha value is -1.12. The molecule has 3 rings (SSSR count). The molecule has 3 heteroatoms. The first kappa shape index (κ1) is 11.0. The highest BCUT2D eigenvalue weighted by Gasteiger charge is 2.29. The van der Waals surface area contributed by atoms with Gasteiger partial charge in [0.2, 0.25) is 0 Å². The summed E-state index contributed by atoms with van der Waals surface area (Å²) in [6, 6.07) is 1.69. The molecule has 0 spiro atoms. The van der Waals surface area contributed by atoms with Crippen LogP contribution in [0.2, 0.25) is 0 Å². The molecule has 0 bridgehead atoms. The molecule has 0 aliphatic heterocycles. The summed E-state index contributed by atoms with van der Waals surface area (Å²) >= 11 is 0. The van der Waals surface area contributed by atoms with E-state index in [1.165, 1.54) is 38.5 Å². The SMILES string of the molecule is CCC1CCC(c2nc(C3CC3)cc(=O)[nH]2)C1. The molecule has 0 radical (unpaired) electrons. The quantitative estimate of drug-likeness (QED) is 0.871. The van der Waals surface area contributed by atoms with Gasteiger partial charge >= 0.3 is 0 Å². The van der Waals surface area contributed by atoms with E-state index < -0.39 is 0 Å². The summed E-state index contributed by atoms with van der Waals surface area (Å²) in [7, 11) is 0. The molecule has 1 heterocycles. The number of hydrogen-bond acceptors (Lipinski definition) is 2. The van der Waals surface area contributed by atoms with Crippen LogP contribution < -0.4 is 5.56 Å². The fourth-order valence-electron chi connectivity index (χ4n) is 2.97. The normalized spacial score (nSPS) is 28.5. The van der Waals surface area contributed by atoms with Crippen LogP contribution in [-0.2, 0) is 0 Å². The van der Waals surface area contributed by atoms with Crippen molar-refractivity contribution in [3.05, 3.63) is 27.9 Å². The summed E-state index contributed by atoms with van der Waals surface area (Å²) in [5, 5.41) is 0. The second kappa shape index (κ2) is 4.28. The average Bonchev–Trinajstić information content (AvgIpc) is 3.06. The smallest absolute Gasteiger partial charge is 0.251 e. The molecule has 1 aromatic rings. The van der Waals surface area contributed by atoms with Gasteiger partial charge in [-0.2, -0.15) is 0 Å². The third-order valence-corrected chi connectivity index (χ3v) is 4.28. The van der Waals surface area contributed by atoms with E-state index in [4.69, 9.17) is 4.98 Å². The molecular weight excluding hydrogens is 212 g/mol. The van der Waals surface area contributed by atoms with Crippen LogP contribution in [0.25, 0.3) is 0 Å². The van der Waals surface area contributed by atoms with Crippen LogP contribution >= 0.6 is 0 Å². The summed E-state index contributed by atoms with van der Waals surface area (Å²) in [5.41, 5.74) is 1.07. The van der Waals surface area contributed by atoms with Crippen molar-refractivity contribution in [2.45, 2.75) is 57.3 Å². The van der Waals surface area contributed by atoms with Gasteiger partial charge in [-0.25, -0.2) is 4.98 Å². The first-order chi connectivity index (χ1) is 8.26. The Kier molecular flexibility index (Phi) is 2.77. The predicted octanol–water partition coefficient (Wildman–Crippen LogP) is 2.94. The molecule has 2 unspecified atom stereocenters. The lowest BCUT2D eigenvalue weighted by atomic mass is 10.0. The number of rotatable bonds is 3. The third kappa shape index (κ3) is 2.28. The Morgan fingerprint density at radius 2 is 2.06 bits per heavy atom. The predicted molar refractivity (Wildman–Crippen MR) is 67.2 cm³/mol. The van der Waals surface area contributed by atoms with Crippen molar-refractivity contribution in [2.24, 2.45) is 5.92 Å². The van der Waals surface area contributed by atoms with Crippen LogP contribution in [0.3, 0.4) is 0 Å². The van der Waals surface area contributed by atoms with Gasteiger partial charge < -0.3 is 4.98 Å². The molecule has 1 aromatic heterocycles. The van der Waals surface area contributed by atoms with E-state index in [2.05, 4.69) is 11.9 Å². The summed E-state index contributed by atoms with van der Waals surface area (Å²) < 4.78 is 0. The molecule has 2 saturated carbocycles. The monoisotopic (exact) mass is 232 g/mol. The first-order valence-electron chi connectivity index (χ1n) is 6.87. The Balaban J connectivity index is 1.85. The second-order valence-electron chi connectivity index (χ2n) is 5.61. The molecule has 0 amide bonds. The van der Waals surface area contributed by atoms with Crippen LogP contribution in [-0.4, -0.2) is 9.97 Å². The van der Waals surface area contributed by atoms with Crippen LogP contribution in [0.5, 0.6) is 0 Å². The minimum absolute atomic E-state index is 0.0387. The van der Waals surface area contributed by atoms with Crippen molar-refractivity contribution >= 4 is 0 Å². The van der Waals surface area contributed by atoms with E-state index in [1.54, 1.807) is 6.07 Å². The molecule has 1 N–H and O–H groups in total. The fourth-order valence-corrected chi connectivity index (χ4v) is 2.97. The van der Waals surface area contributed by atoms with Crippen molar-refractivity contribution in [3.63, 3.8) is 0 Å². The fraction of sp³-hybridized carbons (Fsp3) is 0.714. The maximum absolute atomic E-state index is 11.7. The summed E-state index contributed by atoms with van der Waals surface area (Å²) in [5.74, 6) is 2.84. The lowest BCUT2D eigenvalue weighted by Gasteiger charge is -2.10. The Labute approximate surface area is 102 Å². The van der Waals surface area contributed by atoms with Gasteiger partial charge in [0, 0.05) is 17.9 Å². The van der Waals surface area contributed by atoms with E-state index in [0.29, 0.717) is 11.8 Å². The zero-order chi connectivity index (χ0) is 11.8. The van der Waals surface area contributed by atoms with Gasteiger partial charge in [0.1, 0.15) is 5.82 Å². The van der Waals surface area contributed by atoms with E-state index in [-0.39, 0.29) is 5.56 Å². The Bertz CT molecular complexity index is 462. The van der Waals surface area contributed by atoms with Crippen LogP contribution in [0.1, 0.15) is 68.8 Å². The van der Waals surface area contributed by atoms with Crippen molar-refractivity contribution in [3.8, 4) is 0 Å². The van der Waals surface area contributed by atoms with Gasteiger partial charge in [-0.3, -0.25) is 4.79 Å². The Morgan fingerprint density at radius 3 is 2.71 bits per heavy atom. The number of hydrogen-bond donors (Lipinski definition) is 1. The first-order valence-corrected chi connectivity index (χ1v) is 6.87. The molecule has 3 nitrogen and oxygen atoms in total. The number of aromatic amines is 1. The summed E-state index contributed by atoms with van der Waals surface area (Å²) in [6.07, 6.45) is 7.35. The van der Waals surface area contributed by atoms with Crippen LogP contribution in [0.4, 0.5) is 0 Å². The molecule has 2 aliphatic rings. The highest BCUT2D eigenvalue weighted by atomic mass is 16.1. The maximum atomic E-state index is 11.7. The lowest BCUT2D eigenvalue weighted by molar-refractivity contribution is 0.516. The molecule has 0 saturated heterocycles. The second-order valence-corrected chi connectivity index (χ2v) is 5.61. The third-order valence-electron chi connectivity index (χ3n) is 4.28. The van der Waals surface area contributed by atoms with Crippen molar-refractivity contribution in [2.75, 3.05) is 0 Å². The van der Waals surface area contributed by atoms with E-state index in [1.807, 2.05) is 0 Å². The van der Waals surface area contributed by atoms with E-state index >= 15 is 0 Å². The number of nitrogens with one attached hydrogen (secondary N) is 1. The summed E-state index contributed by atoms with van der Waals surface area (Å²) in [4.78, 5) is 19.3. The number of aromatic nitrogens is 2. The van der Waals surface area contributed by atoms with E-state index in [9.17, 15) is 4.79 Å². The van der Waals surface area contributed by atoms with Gasteiger partial charge in [-0.1, -0.05) is 13.3 Å². The van der Waals surface area contributed by atoms with Crippen LogP contribution in [0.15, 0.2) is 10.9 Å². The van der Waals surface area contributed by atoms with Crippen molar-refractivity contribution < 1.29 is 0 Å². The van der Waals surface area contributed by atoms with Crippen LogP contribution in [0, 0.1) is 5.92 Å². The highest BCUT2D eigenvalue weighted by molar-refractivity contribution is 5.16. The molecule has 0 aromatic carbocycles.